The normalized spacial score (nSPS) is 16.3. The van der Waals surface area contributed by atoms with Crippen LogP contribution in [0.4, 0.5) is 5.69 Å². The quantitative estimate of drug-likeness (QED) is 0.865. The van der Waals surface area contributed by atoms with Gasteiger partial charge in [0.05, 0.1) is 18.5 Å². The number of anilines is 1. The number of hydrogen-bond donors (Lipinski definition) is 1. The summed E-state index contributed by atoms with van der Waals surface area (Å²) in [6, 6.07) is 7.45. The second kappa shape index (κ2) is 5.43. The first-order valence-corrected chi connectivity index (χ1v) is 6.11. The zero-order chi connectivity index (χ0) is 11.4. The van der Waals surface area contributed by atoms with Crippen LogP contribution in [0.1, 0.15) is 11.9 Å². The monoisotopic (exact) mass is 285 g/mol. The highest BCUT2D eigenvalue weighted by Crippen LogP contribution is 2.24. The molecule has 86 valence electrons. The lowest BCUT2D eigenvalue weighted by Crippen LogP contribution is -2.12. The number of carbonyl (C=O) groups excluding carboxylic acids is 1. The van der Waals surface area contributed by atoms with Crippen molar-refractivity contribution in [3.63, 3.8) is 0 Å². The lowest BCUT2D eigenvalue weighted by Gasteiger charge is -2.10. The number of benzene rings is 1. The van der Waals surface area contributed by atoms with Crippen LogP contribution in [-0.2, 0) is 14.3 Å². The zero-order valence-electron chi connectivity index (χ0n) is 8.61. The Balaban J connectivity index is 2.01. The van der Waals surface area contributed by atoms with E-state index in [1.807, 2.05) is 24.3 Å². The molecule has 0 atom stereocenters. The second-order valence-corrected chi connectivity index (χ2v) is 3.94. The van der Waals surface area contributed by atoms with Crippen molar-refractivity contribution in [3.8, 4) is 0 Å². The standard InChI is InChI=1S/C11H12BrNO3/c12-7-10(14)13-9-3-1-8(2-4-9)11-15-5-6-16-11/h1-4,11H,5-7H2,(H,13,14). The fraction of sp³-hybridized carbons (Fsp3) is 0.364. The minimum absolute atomic E-state index is 0.0684. The summed E-state index contributed by atoms with van der Waals surface area (Å²) in [5.41, 5.74) is 1.74. The molecule has 5 heteroatoms. The highest BCUT2D eigenvalue weighted by Gasteiger charge is 2.17. The molecule has 4 nitrogen and oxygen atoms in total. The molecule has 1 saturated heterocycles. The zero-order valence-corrected chi connectivity index (χ0v) is 10.2. The minimum Gasteiger partial charge on any atom is -0.346 e. The van der Waals surface area contributed by atoms with Gasteiger partial charge in [-0.3, -0.25) is 4.79 Å². The van der Waals surface area contributed by atoms with E-state index in [4.69, 9.17) is 9.47 Å². The van der Waals surface area contributed by atoms with Crippen LogP contribution < -0.4 is 5.32 Å². The summed E-state index contributed by atoms with van der Waals surface area (Å²) in [7, 11) is 0. The number of alkyl halides is 1. The number of amides is 1. The van der Waals surface area contributed by atoms with E-state index in [1.165, 1.54) is 0 Å². The van der Waals surface area contributed by atoms with Crippen LogP contribution in [0.2, 0.25) is 0 Å². The fourth-order valence-electron chi connectivity index (χ4n) is 1.47. The number of rotatable bonds is 3. The second-order valence-electron chi connectivity index (χ2n) is 3.38. The first-order valence-electron chi connectivity index (χ1n) is 4.98. The van der Waals surface area contributed by atoms with Crippen molar-refractivity contribution < 1.29 is 14.3 Å². The largest absolute Gasteiger partial charge is 0.346 e. The van der Waals surface area contributed by atoms with Gasteiger partial charge in [-0.1, -0.05) is 28.1 Å². The van der Waals surface area contributed by atoms with Crippen LogP contribution in [0, 0.1) is 0 Å². The van der Waals surface area contributed by atoms with E-state index in [0.29, 0.717) is 18.5 Å². The van der Waals surface area contributed by atoms with E-state index in [-0.39, 0.29) is 12.2 Å². The summed E-state index contributed by atoms with van der Waals surface area (Å²) < 4.78 is 10.7. The first-order chi connectivity index (χ1) is 7.79. The summed E-state index contributed by atoms with van der Waals surface area (Å²) >= 11 is 3.09. The van der Waals surface area contributed by atoms with Gasteiger partial charge in [-0.05, 0) is 12.1 Å². The van der Waals surface area contributed by atoms with Gasteiger partial charge in [0.2, 0.25) is 5.91 Å². The molecule has 1 aliphatic heterocycles. The molecule has 1 amide bonds. The molecule has 0 saturated carbocycles. The van der Waals surface area contributed by atoms with Gasteiger partial charge in [0.25, 0.3) is 0 Å². The number of nitrogens with one attached hydrogen (secondary N) is 1. The molecule has 1 aliphatic rings. The third-order valence-electron chi connectivity index (χ3n) is 2.21. The third-order valence-corrected chi connectivity index (χ3v) is 2.72. The molecule has 16 heavy (non-hydrogen) atoms. The molecule has 0 aromatic heterocycles. The van der Waals surface area contributed by atoms with E-state index in [0.717, 1.165) is 11.3 Å². The lowest BCUT2D eigenvalue weighted by atomic mass is 10.2. The Bertz CT molecular complexity index is 360. The smallest absolute Gasteiger partial charge is 0.235 e. The van der Waals surface area contributed by atoms with Gasteiger partial charge in [0.15, 0.2) is 6.29 Å². The van der Waals surface area contributed by atoms with E-state index in [2.05, 4.69) is 21.2 Å². The van der Waals surface area contributed by atoms with Crippen LogP contribution >= 0.6 is 15.9 Å². The topological polar surface area (TPSA) is 47.6 Å². The number of halogens is 1. The van der Waals surface area contributed by atoms with Crippen molar-refractivity contribution in [3.05, 3.63) is 29.8 Å². The van der Waals surface area contributed by atoms with Crippen molar-refractivity contribution in [1.29, 1.82) is 0 Å². The maximum absolute atomic E-state index is 11.1. The van der Waals surface area contributed by atoms with Crippen LogP contribution in [0.15, 0.2) is 24.3 Å². The van der Waals surface area contributed by atoms with Crippen LogP contribution in [0.25, 0.3) is 0 Å². The summed E-state index contributed by atoms with van der Waals surface area (Å²) in [5, 5.41) is 3.04. The van der Waals surface area contributed by atoms with Crippen molar-refractivity contribution in [2.75, 3.05) is 23.9 Å². The molecule has 2 rings (SSSR count). The molecule has 1 aromatic rings. The molecule has 1 fully saturated rings. The molecule has 1 N–H and O–H groups in total. The Hall–Kier alpha value is -0.910. The molecule has 0 unspecified atom stereocenters. The first kappa shape index (κ1) is 11.6. The van der Waals surface area contributed by atoms with Crippen LogP contribution in [-0.4, -0.2) is 24.5 Å². The maximum atomic E-state index is 11.1. The molecular formula is C11H12BrNO3. The number of carbonyl (C=O) groups is 1. The predicted molar refractivity (Wildman–Crippen MR) is 63.5 cm³/mol. The van der Waals surface area contributed by atoms with Crippen molar-refractivity contribution in [2.24, 2.45) is 0 Å². The van der Waals surface area contributed by atoms with Crippen molar-refractivity contribution >= 4 is 27.5 Å². The van der Waals surface area contributed by atoms with E-state index >= 15 is 0 Å². The highest BCUT2D eigenvalue weighted by molar-refractivity contribution is 9.09. The molecular weight excluding hydrogens is 274 g/mol. The maximum Gasteiger partial charge on any atom is 0.235 e. The summed E-state index contributed by atoms with van der Waals surface area (Å²) in [6.45, 7) is 1.26. The van der Waals surface area contributed by atoms with Crippen molar-refractivity contribution in [1.82, 2.24) is 0 Å². The Morgan fingerprint density at radius 2 is 1.94 bits per heavy atom. The summed E-state index contributed by atoms with van der Waals surface area (Å²) in [6.07, 6.45) is -0.263. The molecule has 1 heterocycles. The third kappa shape index (κ3) is 2.81. The molecule has 0 radical (unpaired) electrons. The Kier molecular flexibility index (Phi) is 3.93. The average Bonchev–Trinajstić information content (AvgIpc) is 2.83. The summed E-state index contributed by atoms with van der Waals surface area (Å²) in [4.78, 5) is 11.1. The van der Waals surface area contributed by atoms with Crippen LogP contribution in [0.3, 0.4) is 0 Å². The SMILES string of the molecule is O=C(CBr)Nc1ccc(C2OCCO2)cc1. The summed E-state index contributed by atoms with van der Waals surface area (Å²) in [5.74, 6) is -0.0684. The van der Waals surface area contributed by atoms with Crippen LogP contribution in [0.5, 0.6) is 0 Å². The fourth-order valence-corrected chi connectivity index (χ4v) is 1.61. The lowest BCUT2D eigenvalue weighted by molar-refractivity contribution is -0.113. The van der Waals surface area contributed by atoms with E-state index in [1.54, 1.807) is 0 Å². The van der Waals surface area contributed by atoms with Gasteiger partial charge >= 0.3 is 0 Å². The van der Waals surface area contributed by atoms with Gasteiger partial charge in [-0.25, -0.2) is 0 Å². The predicted octanol–water partition coefficient (Wildman–Crippen LogP) is 2.07. The molecule has 0 bridgehead atoms. The molecule has 1 aromatic carbocycles. The van der Waals surface area contributed by atoms with Gasteiger partial charge in [-0.15, -0.1) is 0 Å². The van der Waals surface area contributed by atoms with Crippen molar-refractivity contribution in [2.45, 2.75) is 6.29 Å². The van der Waals surface area contributed by atoms with Gasteiger partial charge in [0, 0.05) is 11.3 Å². The number of ether oxygens (including phenoxy) is 2. The average molecular weight is 286 g/mol. The minimum atomic E-state index is -0.263. The Morgan fingerprint density at radius 1 is 1.31 bits per heavy atom. The highest BCUT2D eigenvalue weighted by atomic mass is 79.9. The number of hydrogen-bond acceptors (Lipinski definition) is 3. The Labute approximate surface area is 102 Å². The van der Waals surface area contributed by atoms with Gasteiger partial charge < -0.3 is 14.8 Å². The van der Waals surface area contributed by atoms with Gasteiger partial charge in [0.1, 0.15) is 0 Å². The van der Waals surface area contributed by atoms with E-state index in [9.17, 15) is 4.79 Å². The molecule has 0 spiro atoms. The Morgan fingerprint density at radius 3 is 2.50 bits per heavy atom. The molecule has 0 aliphatic carbocycles. The van der Waals surface area contributed by atoms with E-state index < -0.39 is 0 Å². The van der Waals surface area contributed by atoms with Gasteiger partial charge in [-0.2, -0.15) is 0 Å².